The first-order valence-corrected chi connectivity index (χ1v) is 6.36. The van der Waals surface area contributed by atoms with Gasteiger partial charge in [0.05, 0.1) is 5.92 Å². The Labute approximate surface area is 107 Å². The molecule has 1 aliphatic rings. The van der Waals surface area contributed by atoms with E-state index < -0.39 is 5.97 Å². The zero-order valence-electron chi connectivity index (χ0n) is 10.7. The summed E-state index contributed by atoms with van der Waals surface area (Å²) < 4.78 is 0. The largest absolute Gasteiger partial charge is 0.481 e. The van der Waals surface area contributed by atoms with Gasteiger partial charge in [-0.25, -0.2) is 0 Å². The number of hydrogen-bond donors (Lipinski definition) is 2. The summed E-state index contributed by atoms with van der Waals surface area (Å²) >= 11 is 0. The number of aliphatic carboxylic acids is 1. The summed E-state index contributed by atoms with van der Waals surface area (Å²) in [6, 6.07) is 6.09. The maximum Gasteiger partial charge on any atom is 0.306 e. The predicted molar refractivity (Wildman–Crippen MR) is 71.2 cm³/mol. The van der Waals surface area contributed by atoms with Gasteiger partial charge in [-0.05, 0) is 56.1 Å². The Morgan fingerprint density at radius 1 is 1.39 bits per heavy atom. The first-order chi connectivity index (χ1) is 8.54. The second-order valence-corrected chi connectivity index (χ2v) is 5.14. The van der Waals surface area contributed by atoms with Crippen LogP contribution in [0.25, 0.3) is 0 Å². The van der Waals surface area contributed by atoms with Crippen molar-refractivity contribution in [2.45, 2.75) is 26.3 Å². The number of piperidine rings is 1. The van der Waals surface area contributed by atoms with E-state index in [-0.39, 0.29) is 5.92 Å². The molecule has 1 heterocycles. The van der Waals surface area contributed by atoms with Crippen molar-refractivity contribution in [3.8, 4) is 0 Å². The number of anilines is 1. The van der Waals surface area contributed by atoms with Crippen LogP contribution in [0.3, 0.4) is 0 Å². The number of carbonyl (C=O) groups is 1. The molecule has 2 rings (SSSR count). The highest BCUT2D eigenvalue weighted by Gasteiger charge is 2.24. The van der Waals surface area contributed by atoms with Gasteiger partial charge in [-0.15, -0.1) is 0 Å². The standard InChI is InChI=1S/C14H20N2O2/c1-10-6-11(8-13(15)7-10)9-16-4-2-12(3-5-16)14(17)18/h6-8,12H,2-5,9,15H2,1H3,(H,17,18). The van der Waals surface area contributed by atoms with Crippen LogP contribution < -0.4 is 5.73 Å². The Hall–Kier alpha value is -1.55. The Morgan fingerprint density at radius 2 is 2.06 bits per heavy atom. The third-order valence-corrected chi connectivity index (χ3v) is 3.50. The minimum atomic E-state index is -0.658. The molecular formula is C14H20N2O2. The van der Waals surface area contributed by atoms with E-state index in [0.717, 1.165) is 38.2 Å². The zero-order chi connectivity index (χ0) is 13.1. The van der Waals surface area contributed by atoms with Gasteiger partial charge in [0.1, 0.15) is 0 Å². The first kappa shape index (κ1) is 12.9. The molecule has 1 aromatic rings. The van der Waals surface area contributed by atoms with Crippen LogP contribution in [0.1, 0.15) is 24.0 Å². The van der Waals surface area contributed by atoms with Gasteiger partial charge in [-0.3, -0.25) is 9.69 Å². The number of likely N-dealkylation sites (tertiary alicyclic amines) is 1. The number of rotatable bonds is 3. The highest BCUT2D eigenvalue weighted by molar-refractivity contribution is 5.70. The molecule has 0 radical (unpaired) electrons. The average Bonchev–Trinajstić information content (AvgIpc) is 2.28. The summed E-state index contributed by atoms with van der Waals surface area (Å²) in [5, 5.41) is 8.95. The monoisotopic (exact) mass is 248 g/mol. The molecule has 0 bridgehead atoms. The average molecular weight is 248 g/mol. The fourth-order valence-electron chi connectivity index (χ4n) is 2.58. The lowest BCUT2D eigenvalue weighted by molar-refractivity contribution is -0.143. The lowest BCUT2D eigenvalue weighted by Crippen LogP contribution is -2.35. The molecule has 0 saturated carbocycles. The fourth-order valence-corrected chi connectivity index (χ4v) is 2.58. The minimum absolute atomic E-state index is 0.163. The molecule has 4 nitrogen and oxygen atoms in total. The molecule has 0 atom stereocenters. The van der Waals surface area contributed by atoms with Crippen LogP contribution in [-0.4, -0.2) is 29.1 Å². The van der Waals surface area contributed by atoms with Crippen molar-refractivity contribution in [1.82, 2.24) is 4.90 Å². The van der Waals surface area contributed by atoms with Crippen molar-refractivity contribution >= 4 is 11.7 Å². The minimum Gasteiger partial charge on any atom is -0.481 e. The molecule has 1 aliphatic heterocycles. The summed E-state index contributed by atoms with van der Waals surface area (Å²) in [6.07, 6.45) is 1.49. The summed E-state index contributed by atoms with van der Waals surface area (Å²) in [7, 11) is 0. The number of nitrogens with two attached hydrogens (primary N) is 1. The van der Waals surface area contributed by atoms with E-state index in [0.29, 0.717) is 0 Å². The van der Waals surface area contributed by atoms with Crippen molar-refractivity contribution in [3.05, 3.63) is 29.3 Å². The topological polar surface area (TPSA) is 66.6 Å². The van der Waals surface area contributed by atoms with E-state index in [1.54, 1.807) is 0 Å². The molecule has 18 heavy (non-hydrogen) atoms. The molecule has 1 aromatic carbocycles. The van der Waals surface area contributed by atoms with Crippen molar-refractivity contribution in [3.63, 3.8) is 0 Å². The van der Waals surface area contributed by atoms with Gasteiger partial charge >= 0.3 is 5.97 Å². The molecule has 0 unspecified atom stereocenters. The maximum atomic E-state index is 10.9. The molecule has 0 aromatic heterocycles. The van der Waals surface area contributed by atoms with Crippen LogP contribution >= 0.6 is 0 Å². The van der Waals surface area contributed by atoms with E-state index in [1.165, 1.54) is 11.1 Å². The fraction of sp³-hybridized carbons (Fsp3) is 0.500. The number of carboxylic acid groups (broad SMARTS) is 1. The van der Waals surface area contributed by atoms with Crippen LogP contribution in [0.5, 0.6) is 0 Å². The Balaban J connectivity index is 1.93. The van der Waals surface area contributed by atoms with Gasteiger partial charge in [-0.1, -0.05) is 6.07 Å². The van der Waals surface area contributed by atoms with E-state index in [2.05, 4.69) is 11.0 Å². The van der Waals surface area contributed by atoms with E-state index in [9.17, 15) is 4.79 Å². The molecule has 98 valence electrons. The lowest BCUT2D eigenvalue weighted by atomic mass is 9.96. The number of nitrogens with zero attached hydrogens (tertiary/aromatic N) is 1. The maximum absolute atomic E-state index is 10.9. The molecule has 0 amide bonds. The van der Waals surface area contributed by atoms with E-state index >= 15 is 0 Å². The second kappa shape index (κ2) is 5.40. The number of aryl methyl sites for hydroxylation is 1. The number of benzene rings is 1. The Bertz CT molecular complexity index is 417. The normalized spacial score (nSPS) is 17.8. The summed E-state index contributed by atoms with van der Waals surface area (Å²) in [5.41, 5.74) is 9.01. The van der Waals surface area contributed by atoms with Crippen LogP contribution in [0, 0.1) is 12.8 Å². The van der Waals surface area contributed by atoms with Crippen LogP contribution in [0.2, 0.25) is 0 Å². The molecule has 1 fully saturated rings. The van der Waals surface area contributed by atoms with Crippen molar-refractivity contribution in [1.29, 1.82) is 0 Å². The smallest absolute Gasteiger partial charge is 0.306 e. The van der Waals surface area contributed by atoms with Crippen LogP contribution in [-0.2, 0) is 11.3 Å². The number of carboxylic acids is 1. The van der Waals surface area contributed by atoms with Gasteiger partial charge in [-0.2, -0.15) is 0 Å². The van der Waals surface area contributed by atoms with Gasteiger partial charge in [0.25, 0.3) is 0 Å². The van der Waals surface area contributed by atoms with Gasteiger partial charge in [0.2, 0.25) is 0 Å². The van der Waals surface area contributed by atoms with Crippen LogP contribution in [0.4, 0.5) is 5.69 Å². The molecule has 0 spiro atoms. The van der Waals surface area contributed by atoms with Crippen molar-refractivity contribution in [2.24, 2.45) is 5.92 Å². The second-order valence-electron chi connectivity index (χ2n) is 5.14. The van der Waals surface area contributed by atoms with Crippen molar-refractivity contribution < 1.29 is 9.90 Å². The van der Waals surface area contributed by atoms with E-state index in [4.69, 9.17) is 10.8 Å². The van der Waals surface area contributed by atoms with Gasteiger partial charge in [0.15, 0.2) is 0 Å². The molecule has 3 N–H and O–H groups in total. The highest BCUT2D eigenvalue weighted by Crippen LogP contribution is 2.20. The van der Waals surface area contributed by atoms with E-state index in [1.807, 2.05) is 19.1 Å². The summed E-state index contributed by atoms with van der Waals surface area (Å²) in [4.78, 5) is 13.2. The number of nitrogen functional groups attached to an aromatic ring is 1. The molecule has 0 aliphatic carbocycles. The molecular weight excluding hydrogens is 228 g/mol. The zero-order valence-corrected chi connectivity index (χ0v) is 10.7. The third-order valence-electron chi connectivity index (χ3n) is 3.50. The van der Waals surface area contributed by atoms with Crippen LogP contribution in [0.15, 0.2) is 18.2 Å². The quantitative estimate of drug-likeness (QED) is 0.801. The van der Waals surface area contributed by atoms with Gasteiger partial charge in [0, 0.05) is 12.2 Å². The summed E-state index contributed by atoms with van der Waals surface area (Å²) in [5.74, 6) is -0.821. The molecule has 4 heteroatoms. The Kier molecular flexibility index (Phi) is 3.87. The third kappa shape index (κ3) is 3.23. The SMILES string of the molecule is Cc1cc(N)cc(CN2CCC(C(=O)O)CC2)c1. The number of hydrogen-bond acceptors (Lipinski definition) is 3. The van der Waals surface area contributed by atoms with Crippen molar-refractivity contribution in [2.75, 3.05) is 18.8 Å². The van der Waals surface area contributed by atoms with Gasteiger partial charge < -0.3 is 10.8 Å². The Morgan fingerprint density at radius 3 is 2.61 bits per heavy atom. The lowest BCUT2D eigenvalue weighted by Gasteiger charge is -2.30. The first-order valence-electron chi connectivity index (χ1n) is 6.36. The summed E-state index contributed by atoms with van der Waals surface area (Å²) in [6.45, 7) is 4.60. The highest BCUT2D eigenvalue weighted by atomic mass is 16.4. The predicted octanol–water partition coefficient (Wildman–Crippen LogP) is 1.87. The molecule has 1 saturated heterocycles.